The third kappa shape index (κ3) is 1.97. The number of aliphatic carboxylic acids is 1. The lowest BCUT2D eigenvalue weighted by Crippen LogP contribution is -2.36. The first kappa shape index (κ1) is 10.8. The first-order valence-corrected chi connectivity index (χ1v) is 4.75. The van der Waals surface area contributed by atoms with Gasteiger partial charge in [0.1, 0.15) is 6.04 Å². The van der Waals surface area contributed by atoms with E-state index < -0.39 is 5.97 Å². The van der Waals surface area contributed by atoms with Crippen molar-refractivity contribution in [3.8, 4) is 0 Å². The SMILES string of the molecule is Cl.O=C(O)[C@@H]1NC[C@@H]2CCCC[C@@H]21. The average Bonchev–Trinajstić information content (AvgIpc) is 2.47. The van der Waals surface area contributed by atoms with E-state index >= 15 is 0 Å². The summed E-state index contributed by atoms with van der Waals surface area (Å²) in [6.07, 6.45) is 4.83. The van der Waals surface area contributed by atoms with E-state index in [0.29, 0.717) is 11.8 Å². The third-order valence-electron chi connectivity index (χ3n) is 3.26. The average molecular weight is 206 g/mol. The molecule has 1 heterocycles. The van der Waals surface area contributed by atoms with E-state index in [1.807, 2.05) is 0 Å². The van der Waals surface area contributed by atoms with Gasteiger partial charge in [0.15, 0.2) is 0 Å². The standard InChI is InChI=1S/C9H15NO2.ClH/c11-9(12)8-7-4-2-1-3-6(7)5-10-8;/h6-8,10H,1-5H2,(H,11,12);1H/t6-,7-,8+;/m0./s1. The molecule has 2 N–H and O–H groups in total. The molecule has 0 amide bonds. The van der Waals surface area contributed by atoms with Crippen molar-refractivity contribution in [2.24, 2.45) is 11.8 Å². The van der Waals surface area contributed by atoms with Gasteiger partial charge >= 0.3 is 5.97 Å². The van der Waals surface area contributed by atoms with Gasteiger partial charge in [0, 0.05) is 0 Å². The summed E-state index contributed by atoms with van der Waals surface area (Å²) in [7, 11) is 0. The Morgan fingerprint density at radius 3 is 2.69 bits per heavy atom. The van der Waals surface area contributed by atoms with Crippen LogP contribution in [-0.4, -0.2) is 23.7 Å². The molecule has 3 atom stereocenters. The molecule has 1 saturated heterocycles. The fourth-order valence-electron chi connectivity index (χ4n) is 2.63. The lowest BCUT2D eigenvalue weighted by Gasteiger charge is -2.26. The van der Waals surface area contributed by atoms with Crippen molar-refractivity contribution in [2.75, 3.05) is 6.54 Å². The second kappa shape index (κ2) is 4.29. The van der Waals surface area contributed by atoms with Crippen LogP contribution >= 0.6 is 12.4 Å². The van der Waals surface area contributed by atoms with Crippen molar-refractivity contribution in [3.05, 3.63) is 0 Å². The molecule has 0 aromatic rings. The summed E-state index contributed by atoms with van der Waals surface area (Å²) in [4.78, 5) is 10.8. The molecule has 76 valence electrons. The van der Waals surface area contributed by atoms with Crippen LogP contribution in [0.5, 0.6) is 0 Å². The van der Waals surface area contributed by atoms with Crippen LogP contribution in [0, 0.1) is 11.8 Å². The van der Waals surface area contributed by atoms with Gasteiger partial charge in [-0.1, -0.05) is 12.8 Å². The maximum absolute atomic E-state index is 10.8. The minimum Gasteiger partial charge on any atom is -0.480 e. The molecule has 0 aromatic heterocycles. The Labute approximate surface area is 84.3 Å². The van der Waals surface area contributed by atoms with Crippen LogP contribution in [0.15, 0.2) is 0 Å². The lowest BCUT2D eigenvalue weighted by atomic mass is 9.78. The molecule has 1 saturated carbocycles. The molecular weight excluding hydrogens is 190 g/mol. The number of carboxylic acid groups (broad SMARTS) is 1. The highest BCUT2D eigenvalue weighted by Gasteiger charge is 2.40. The largest absolute Gasteiger partial charge is 0.480 e. The quantitative estimate of drug-likeness (QED) is 0.678. The van der Waals surface area contributed by atoms with Crippen LogP contribution < -0.4 is 5.32 Å². The summed E-state index contributed by atoms with van der Waals surface area (Å²) < 4.78 is 0. The highest BCUT2D eigenvalue weighted by Crippen LogP contribution is 2.35. The van der Waals surface area contributed by atoms with E-state index in [4.69, 9.17) is 5.11 Å². The van der Waals surface area contributed by atoms with Crippen LogP contribution in [0.2, 0.25) is 0 Å². The van der Waals surface area contributed by atoms with Gasteiger partial charge in [-0.05, 0) is 31.2 Å². The van der Waals surface area contributed by atoms with Gasteiger partial charge in [-0.3, -0.25) is 4.79 Å². The monoisotopic (exact) mass is 205 g/mol. The van der Waals surface area contributed by atoms with E-state index in [9.17, 15) is 4.79 Å². The van der Waals surface area contributed by atoms with Crippen molar-refractivity contribution in [2.45, 2.75) is 31.7 Å². The van der Waals surface area contributed by atoms with Crippen molar-refractivity contribution < 1.29 is 9.90 Å². The molecule has 0 bridgehead atoms. The number of hydrogen-bond donors (Lipinski definition) is 2. The zero-order valence-electron chi connectivity index (χ0n) is 7.53. The number of carbonyl (C=O) groups is 1. The van der Waals surface area contributed by atoms with E-state index in [1.165, 1.54) is 19.3 Å². The molecule has 0 aromatic carbocycles. The molecule has 0 radical (unpaired) electrons. The van der Waals surface area contributed by atoms with Crippen LogP contribution in [0.25, 0.3) is 0 Å². The van der Waals surface area contributed by atoms with Crippen molar-refractivity contribution in [1.29, 1.82) is 0 Å². The smallest absolute Gasteiger partial charge is 0.320 e. The Hall–Kier alpha value is -0.280. The van der Waals surface area contributed by atoms with Gasteiger partial charge in [0.25, 0.3) is 0 Å². The molecule has 2 rings (SSSR count). The number of halogens is 1. The first-order chi connectivity index (χ1) is 5.79. The first-order valence-electron chi connectivity index (χ1n) is 4.75. The highest BCUT2D eigenvalue weighted by molar-refractivity contribution is 5.85. The summed E-state index contributed by atoms with van der Waals surface area (Å²) in [5, 5.41) is 12.0. The summed E-state index contributed by atoms with van der Waals surface area (Å²) in [6.45, 7) is 0.918. The number of fused-ring (bicyclic) bond motifs is 1. The summed E-state index contributed by atoms with van der Waals surface area (Å²) in [5.41, 5.74) is 0. The molecule has 13 heavy (non-hydrogen) atoms. The van der Waals surface area contributed by atoms with Crippen LogP contribution in [0.1, 0.15) is 25.7 Å². The van der Waals surface area contributed by atoms with Crippen molar-refractivity contribution >= 4 is 18.4 Å². The molecule has 3 nitrogen and oxygen atoms in total. The molecule has 4 heteroatoms. The summed E-state index contributed by atoms with van der Waals surface area (Å²) in [6, 6.07) is -0.254. The highest BCUT2D eigenvalue weighted by atomic mass is 35.5. The fraction of sp³-hybridized carbons (Fsp3) is 0.889. The van der Waals surface area contributed by atoms with Gasteiger partial charge in [0.05, 0.1) is 0 Å². The topological polar surface area (TPSA) is 49.3 Å². The predicted molar refractivity (Wildman–Crippen MR) is 52.1 cm³/mol. The van der Waals surface area contributed by atoms with Gasteiger partial charge in [0.2, 0.25) is 0 Å². The second-order valence-electron chi connectivity index (χ2n) is 3.93. The Kier molecular flexibility index (Phi) is 3.56. The zero-order valence-corrected chi connectivity index (χ0v) is 8.35. The third-order valence-corrected chi connectivity index (χ3v) is 3.26. The van der Waals surface area contributed by atoms with Crippen LogP contribution in [-0.2, 0) is 4.79 Å². The van der Waals surface area contributed by atoms with E-state index in [2.05, 4.69) is 5.32 Å². The van der Waals surface area contributed by atoms with Gasteiger partial charge in [-0.2, -0.15) is 0 Å². The van der Waals surface area contributed by atoms with Gasteiger partial charge < -0.3 is 10.4 Å². The van der Waals surface area contributed by atoms with Gasteiger partial charge in [-0.15, -0.1) is 12.4 Å². The van der Waals surface area contributed by atoms with E-state index in [1.54, 1.807) is 0 Å². The number of hydrogen-bond acceptors (Lipinski definition) is 2. The normalized spacial score (nSPS) is 37.7. The fourth-order valence-corrected chi connectivity index (χ4v) is 2.63. The molecule has 2 fully saturated rings. The van der Waals surface area contributed by atoms with Gasteiger partial charge in [-0.25, -0.2) is 0 Å². The molecule has 2 aliphatic rings. The van der Waals surface area contributed by atoms with E-state index in [0.717, 1.165) is 13.0 Å². The van der Waals surface area contributed by atoms with Crippen LogP contribution in [0.4, 0.5) is 0 Å². The Morgan fingerprint density at radius 2 is 2.00 bits per heavy atom. The molecule has 1 aliphatic heterocycles. The van der Waals surface area contributed by atoms with Crippen LogP contribution in [0.3, 0.4) is 0 Å². The number of rotatable bonds is 1. The second-order valence-corrected chi connectivity index (χ2v) is 3.93. The van der Waals surface area contributed by atoms with Crippen molar-refractivity contribution in [1.82, 2.24) is 5.32 Å². The summed E-state index contributed by atoms with van der Waals surface area (Å²) in [5.74, 6) is 0.389. The maximum Gasteiger partial charge on any atom is 0.320 e. The van der Waals surface area contributed by atoms with Crippen molar-refractivity contribution in [3.63, 3.8) is 0 Å². The molecular formula is C9H16ClNO2. The lowest BCUT2D eigenvalue weighted by molar-refractivity contribution is -0.140. The summed E-state index contributed by atoms with van der Waals surface area (Å²) >= 11 is 0. The minimum absolute atomic E-state index is 0. The number of nitrogens with one attached hydrogen (secondary N) is 1. The maximum atomic E-state index is 10.8. The predicted octanol–water partition coefficient (Wildman–Crippen LogP) is 1.27. The Bertz CT molecular complexity index is 198. The minimum atomic E-state index is -0.663. The Morgan fingerprint density at radius 1 is 1.31 bits per heavy atom. The number of carboxylic acids is 1. The molecule has 1 aliphatic carbocycles. The van der Waals surface area contributed by atoms with E-state index in [-0.39, 0.29) is 18.4 Å². The Balaban J connectivity index is 0.000000845. The molecule has 0 unspecified atom stereocenters. The molecule has 0 spiro atoms. The zero-order chi connectivity index (χ0) is 8.55.